The Kier molecular flexibility index (Phi) is 5.71. The number of Topliss-reactive ketones (excluding diaryl/α,β-unsaturated/α-hetero) is 1. The molecule has 0 aromatic heterocycles. The summed E-state index contributed by atoms with van der Waals surface area (Å²) in [6.45, 7) is 3.54. The Labute approximate surface area is 91.7 Å². The third-order valence-corrected chi connectivity index (χ3v) is 2.28. The topological polar surface area (TPSA) is 29.1 Å². The zero-order valence-corrected chi connectivity index (χ0v) is 9.33. The maximum absolute atomic E-state index is 11.4. The van der Waals surface area contributed by atoms with Crippen molar-refractivity contribution in [1.29, 1.82) is 0 Å². The number of carbonyl (C=O) groups is 1. The number of carbonyl (C=O) groups excluding carboxylic acids is 1. The van der Waals surface area contributed by atoms with Crippen LogP contribution >= 0.6 is 0 Å². The molecule has 15 heavy (non-hydrogen) atoms. The maximum atomic E-state index is 11.4. The molecule has 0 bridgehead atoms. The average molecular weight is 205 g/mol. The summed E-state index contributed by atoms with van der Waals surface area (Å²) in [5.74, 6) is 0.298. The van der Waals surface area contributed by atoms with Crippen LogP contribution in [0, 0.1) is 0 Å². The van der Waals surface area contributed by atoms with Crippen LogP contribution in [0.1, 0.15) is 25.3 Å². The summed E-state index contributed by atoms with van der Waals surface area (Å²) in [6, 6.07) is 10.1. The summed E-state index contributed by atoms with van der Waals surface area (Å²) >= 11 is 0. The fourth-order valence-electron chi connectivity index (χ4n) is 1.42. The summed E-state index contributed by atoms with van der Waals surface area (Å²) in [7, 11) is 0. The number of aryl methyl sites for hydroxylation is 1. The minimum absolute atomic E-state index is 0.298. The number of rotatable bonds is 7. The van der Waals surface area contributed by atoms with Crippen LogP contribution in [-0.4, -0.2) is 18.9 Å². The van der Waals surface area contributed by atoms with Crippen LogP contribution in [-0.2, 0) is 11.2 Å². The van der Waals surface area contributed by atoms with Crippen LogP contribution in [0.2, 0.25) is 0 Å². The van der Waals surface area contributed by atoms with Crippen LogP contribution in [0.25, 0.3) is 0 Å². The normalized spacial score (nSPS) is 10.2. The van der Waals surface area contributed by atoms with Gasteiger partial charge in [-0.1, -0.05) is 37.3 Å². The number of ketones is 1. The van der Waals surface area contributed by atoms with Gasteiger partial charge < -0.3 is 5.32 Å². The monoisotopic (exact) mass is 205 g/mol. The van der Waals surface area contributed by atoms with Crippen molar-refractivity contribution < 1.29 is 4.79 Å². The van der Waals surface area contributed by atoms with E-state index in [4.69, 9.17) is 0 Å². The first kappa shape index (κ1) is 11.9. The molecule has 0 spiro atoms. The van der Waals surface area contributed by atoms with E-state index in [1.807, 2.05) is 18.2 Å². The first-order valence-corrected chi connectivity index (χ1v) is 5.59. The Morgan fingerprint density at radius 3 is 2.67 bits per heavy atom. The van der Waals surface area contributed by atoms with Gasteiger partial charge in [-0.15, -0.1) is 0 Å². The fraction of sp³-hybridized carbons (Fsp3) is 0.462. The lowest BCUT2D eigenvalue weighted by molar-refractivity contribution is -0.118. The van der Waals surface area contributed by atoms with Gasteiger partial charge in [0.25, 0.3) is 0 Å². The zero-order chi connectivity index (χ0) is 10.9. The third-order valence-electron chi connectivity index (χ3n) is 2.28. The van der Waals surface area contributed by atoms with Crippen LogP contribution in [0.15, 0.2) is 30.3 Å². The molecule has 0 fully saturated rings. The first-order valence-electron chi connectivity index (χ1n) is 5.59. The van der Waals surface area contributed by atoms with Crippen molar-refractivity contribution in [3.05, 3.63) is 35.9 Å². The second-order valence-electron chi connectivity index (χ2n) is 3.70. The van der Waals surface area contributed by atoms with Gasteiger partial charge in [-0.3, -0.25) is 4.79 Å². The number of hydrogen-bond donors (Lipinski definition) is 1. The minimum Gasteiger partial charge on any atom is -0.310 e. The average Bonchev–Trinajstić information content (AvgIpc) is 2.28. The summed E-state index contributed by atoms with van der Waals surface area (Å²) in [5, 5.41) is 3.12. The Bertz CT molecular complexity index is 282. The molecule has 82 valence electrons. The van der Waals surface area contributed by atoms with E-state index < -0.39 is 0 Å². The fourth-order valence-corrected chi connectivity index (χ4v) is 1.42. The molecule has 0 heterocycles. The van der Waals surface area contributed by atoms with E-state index in [1.54, 1.807) is 0 Å². The second-order valence-corrected chi connectivity index (χ2v) is 3.70. The van der Waals surface area contributed by atoms with Crippen molar-refractivity contribution in [3.8, 4) is 0 Å². The van der Waals surface area contributed by atoms with Crippen molar-refractivity contribution >= 4 is 5.78 Å². The molecule has 2 nitrogen and oxygen atoms in total. The van der Waals surface area contributed by atoms with E-state index in [-0.39, 0.29) is 0 Å². The number of hydrogen-bond acceptors (Lipinski definition) is 2. The molecule has 0 saturated carbocycles. The molecule has 0 radical (unpaired) electrons. The highest BCUT2D eigenvalue weighted by Gasteiger charge is 2.01. The first-order chi connectivity index (χ1) is 7.33. The van der Waals surface area contributed by atoms with Gasteiger partial charge in [0.1, 0.15) is 5.78 Å². The Morgan fingerprint density at radius 1 is 1.27 bits per heavy atom. The van der Waals surface area contributed by atoms with E-state index in [9.17, 15) is 4.79 Å². The van der Waals surface area contributed by atoms with Gasteiger partial charge in [0.05, 0.1) is 6.54 Å². The minimum atomic E-state index is 0.298. The van der Waals surface area contributed by atoms with E-state index >= 15 is 0 Å². The van der Waals surface area contributed by atoms with Gasteiger partial charge in [-0.05, 0) is 24.9 Å². The van der Waals surface area contributed by atoms with E-state index in [0.717, 1.165) is 19.4 Å². The molecule has 0 aliphatic rings. The zero-order valence-electron chi connectivity index (χ0n) is 9.33. The summed E-state index contributed by atoms with van der Waals surface area (Å²) in [4.78, 5) is 11.4. The van der Waals surface area contributed by atoms with Crippen LogP contribution < -0.4 is 5.32 Å². The molecule has 0 aliphatic carbocycles. The molecule has 0 amide bonds. The van der Waals surface area contributed by atoms with E-state index in [1.165, 1.54) is 5.56 Å². The molecule has 2 heteroatoms. The SMILES string of the molecule is CCCNCC(=O)CCc1ccccc1. The molecule has 1 aromatic carbocycles. The molecule has 0 unspecified atom stereocenters. The summed E-state index contributed by atoms with van der Waals surface area (Å²) < 4.78 is 0. The largest absolute Gasteiger partial charge is 0.310 e. The van der Waals surface area contributed by atoms with Crippen molar-refractivity contribution in [1.82, 2.24) is 5.32 Å². The van der Waals surface area contributed by atoms with Crippen molar-refractivity contribution in [2.45, 2.75) is 26.2 Å². The van der Waals surface area contributed by atoms with Gasteiger partial charge in [0.2, 0.25) is 0 Å². The quantitative estimate of drug-likeness (QED) is 0.691. The number of nitrogens with one attached hydrogen (secondary N) is 1. The van der Waals surface area contributed by atoms with Gasteiger partial charge >= 0.3 is 0 Å². The smallest absolute Gasteiger partial charge is 0.146 e. The van der Waals surface area contributed by atoms with Gasteiger partial charge in [0.15, 0.2) is 0 Å². The van der Waals surface area contributed by atoms with Crippen LogP contribution in [0.5, 0.6) is 0 Å². The standard InChI is InChI=1S/C13H19NO/c1-2-10-14-11-13(15)9-8-12-6-4-3-5-7-12/h3-7,14H,2,8-11H2,1H3. The molecule has 1 rings (SSSR count). The van der Waals surface area contributed by atoms with Crippen molar-refractivity contribution in [2.24, 2.45) is 0 Å². The highest BCUT2D eigenvalue weighted by molar-refractivity contribution is 5.80. The van der Waals surface area contributed by atoms with E-state index in [2.05, 4.69) is 24.4 Å². The molecule has 0 aliphatic heterocycles. The van der Waals surface area contributed by atoms with Crippen molar-refractivity contribution in [2.75, 3.05) is 13.1 Å². The molecular formula is C13H19NO. The van der Waals surface area contributed by atoms with Crippen molar-refractivity contribution in [3.63, 3.8) is 0 Å². The molecule has 0 saturated heterocycles. The third kappa shape index (κ3) is 5.33. The van der Waals surface area contributed by atoms with Gasteiger partial charge in [-0.25, -0.2) is 0 Å². The van der Waals surface area contributed by atoms with E-state index in [0.29, 0.717) is 18.7 Å². The highest BCUT2D eigenvalue weighted by atomic mass is 16.1. The lowest BCUT2D eigenvalue weighted by atomic mass is 10.1. The highest BCUT2D eigenvalue weighted by Crippen LogP contribution is 2.02. The Morgan fingerprint density at radius 2 is 2.00 bits per heavy atom. The predicted molar refractivity (Wildman–Crippen MR) is 62.9 cm³/mol. The van der Waals surface area contributed by atoms with Crippen LogP contribution in [0.3, 0.4) is 0 Å². The maximum Gasteiger partial charge on any atom is 0.146 e. The molecule has 0 atom stereocenters. The Balaban J connectivity index is 2.17. The number of benzene rings is 1. The molecule has 1 N–H and O–H groups in total. The lowest BCUT2D eigenvalue weighted by Gasteiger charge is -2.02. The van der Waals surface area contributed by atoms with Gasteiger partial charge in [0, 0.05) is 6.42 Å². The van der Waals surface area contributed by atoms with Gasteiger partial charge in [-0.2, -0.15) is 0 Å². The Hall–Kier alpha value is -1.15. The second kappa shape index (κ2) is 7.18. The summed E-state index contributed by atoms with van der Waals surface area (Å²) in [6.07, 6.45) is 2.57. The molecule has 1 aromatic rings. The predicted octanol–water partition coefficient (Wildman–Crippen LogP) is 2.19. The van der Waals surface area contributed by atoms with Crippen LogP contribution in [0.4, 0.5) is 0 Å². The summed E-state index contributed by atoms with van der Waals surface area (Å²) in [5.41, 5.74) is 1.24. The lowest BCUT2D eigenvalue weighted by Crippen LogP contribution is -2.23. The molecular weight excluding hydrogens is 186 g/mol.